The number of phenolic OH excluding ortho intramolecular Hbond substituents is 1. The lowest BCUT2D eigenvalue weighted by atomic mass is 10.1. The highest BCUT2D eigenvalue weighted by Gasteiger charge is 2.21. The number of carbonyl (C=O) groups excluding carboxylic acids is 1. The average molecular weight is 317 g/mol. The minimum Gasteiger partial charge on any atom is -0.508 e. The van der Waals surface area contributed by atoms with E-state index >= 15 is 0 Å². The summed E-state index contributed by atoms with van der Waals surface area (Å²) in [6.07, 6.45) is 2.07. The van der Waals surface area contributed by atoms with E-state index < -0.39 is 0 Å². The van der Waals surface area contributed by atoms with Crippen LogP contribution >= 0.6 is 24.2 Å². The molecule has 6 heteroatoms. The molecule has 4 nitrogen and oxygen atoms in total. The molecule has 1 amide bonds. The van der Waals surface area contributed by atoms with Gasteiger partial charge < -0.3 is 15.3 Å². The number of likely N-dealkylation sites (tertiary alicyclic amines) is 1. The average Bonchev–Trinajstić information content (AvgIpc) is 2.46. The molecule has 0 aromatic heterocycles. The van der Waals surface area contributed by atoms with Crippen LogP contribution in [0.3, 0.4) is 0 Å². The molecule has 0 atom stereocenters. The summed E-state index contributed by atoms with van der Waals surface area (Å²) in [5.74, 6) is 0.923. The molecule has 20 heavy (non-hydrogen) atoms. The van der Waals surface area contributed by atoms with E-state index in [1.807, 2.05) is 24.1 Å². The Morgan fingerprint density at radius 3 is 2.50 bits per heavy atom. The summed E-state index contributed by atoms with van der Waals surface area (Å²) in [4.78, 5) is 15.0. The molecule has 1 aromatic carbocycles. The van der Waals surface area contributed by atoms with Gasteiger partial charge in [-0.05, 0) is 44.2 Å². The van der Waals surface area contributed by atoms with Gasteiger partial charge in [-0.15, -0.1) is 24.2 Å². The van der Waals surface area contributed by atoms with Gasteiger partial charge in [-0.2, -0.15) is 0 Å². The van der Waals surface area contributed by atoms with E-state index in [0.717, 1.165) is 30.8 Å². The molecular weight excluding hydrogens is 296 g/mol. The lowest BCUT2D eigenvalue weighted by Crippen LogP contribution is -2.44. The molecule has 2 rings (SSSR count). The summed E-state index contributed by atoms with van der Waals surface area (Å²) in [5.41, 5.74) is 0. The number of rotatable bonds is 4. The van der Waals surface area contributed by atoms with Gasteiger partial charge in [0.2, 0.25) is 5.91 Å². The van der Waals surface area contributed by atoms with Crippen LogP contribution in [-0.2, 0) is 4.79 Å². The number of carbonyl (C=O) groups is 1. The topological polar surface area (TPSA) is 52.6 Å². The monoisotopic (exact) mass is 316 g/mol. The summed E-state index contributed by atoms with van der Waals surface area (Å²) in [5, 5.41) is 12.5. The fourth-order valence-electron chi connectivity index (χ4n) is 2.20. The normalized spacial score (nSPS) is 15.8. The zero-order chi connectivity index (χ0) is 13.7. The molecular formula is C14H21ClN2O2S. The first-order valence-corrected chi connectivity index (χ1v) is 7.54. The Labute approximate surface area is 130 Å². The van der Waals surface area contributed by atoms with Crippen molar-refractivity contribution < 1.29 is 9.90 Å². The minimum absolute atomic E-state index is 0. The van der Waals surface area contributed by atoms with E-state index in [2.05, 4.69) is 5.32 Å². The minimum atomic E-state index is 0. The molecule has 0 unspecified atom stereocenters. The van der Waals surface area contributed by atoms with Crippen molar-refractivity contribution in [3.05, 3.63) is 24.3 Å². The van der Waals surface area contributed by atoms with Gasteiger partial charge in [0, 0.05) is 24.0 Å². The van der Waals surface area contributed by atoms with Gasteiger partial charge in [0.15, 0.2) is 0 Å². The second-order valence-corrected chi connectivity index (χ2v) is 5.78. The third-order valence-electron chi connectivity index (χ3n) is 3.45. The first-order chi connectivity index (χ1) is 9.19. The quantitative estimate of drug-likeness (QED) is 0.836. The molecule has 0 spiro atoms. The number of hydrogen-bond acceptors (Lipinski definition) is 4. The zero-order valence-corrected chi connectivity index (χ0v) is 13.2. The molecule has 1 aromatic rings. The maximum atomic E-state index is 12.1. The van der Waals surface area contributed by atoms with Crippen molar-refractivity contribution in [2.24, 2.45) is 0 Å². The summed E-state index contributed by atoms with van der Waals surface area (Å²) in [7, 11) is 1.98. The van der Waals surface area contributed by atoms with Crippen LogP contribution in [0.25, 0.3) is 0 Å². The van der Waals surface area contributed by atoms with Crippen LogP contribution in [0.1, 0.15) is 12.8 Å². The standard InChI is InChI=1S/C14H20N2O2S.ClH/c1-15-11-6-8-16(9-7-11)14(18)10-19-13-4-2-12(17)3-5-13;/h2-5,11,15,17H,6-10H2,1H3;1H. The Kier molecular flexibility index (Phi) is 7.19. The summed E-state index contributed by atoms with van der Waals surface area (Å²) in [6, 6.07) is 7.51. The number of piperidine rings is 1. The Balaban J connectivity index is 0.00000200. The lowest BCUT2D eigenvalue weighted by Gasteiger charge is -2.31. The molecule has 0 bridgehead atoms. The number of thioether (sulfide) groups is 1. The fourth-order valence-corrected chi connectivity index (χ4v) is 3.00. The van der Waals surface area contributed by atoms with Crippen LogP contribution < -0.4 is 5.32 Å². The van der Waals surface area contributed by atoms with Gasteiger partial charge >= 0.3 is 0 Å². The van der Waals surface area contributed by atoms with E-state index in [4.69, 9.17) is 0 Å². The van der Waals surface area contributed by atoms with Gasteiger partial charge in [-0.25, -0.2) is 0 Å². The molecule has 2 N–H and O–H groups in total. The third kappa shape index (κ3) is 4.89. The molecule has 1 saturated heterocycles. The van der Waals surface area contributed by atoms with Crippen LogP contribution in [-0.4, -0.2) is 47.8 Å². The van der Waals surface area contributed by atoms with Gasteiger partial charge in [0.25, 0.3) is 0 Å². The van der Waals surface area contributed by atoms with Crippen molar-refractivity contribution in [3.8, 4) is 5.75 Å². The highest BCUT2D eigenvalue weighted by Crippen LogP contribution is 2.21. The van der Waals surface area contributed by atoms with E-state index in [1.54, 1.807) is 12.1 Å². The SMILES string of the molecule is CNC1CCN(C(=O)CSc2ccc(O)cc2)CC1.Cl. The van der Waals surface area contributed by atoms with Crippen LogP contribution in [0.4, 0.5) is 0 Å². The number of benzene rings is 1. The van der Waals surface area contributed by atoms with Crippen LogP contribution in [0, 0.1) is 0 Å². The predicted molar refractivity (Wildman–Crippen MR) is 84.7 cm³/mol. The number of halogens is 1. The maximum Gasteiger partial charge on any atom is 0.232 e. The molecule has 0 radical (unpaired) electrons. The van der Waals surface area contributed by atoms with E-state index in [9.17, 15) is 9.90 Å². The number of hydrogen-bond donors (Lipinski definition) is 2. The van der Waals surface area contributed by atoms with E-state index in [1.165, 1.54) is 11.8 Å². The van der Waals surface area contributed by atoms with Crippen LogP contribution in [0.2, 0.25) is 0 Å². The largest absolute Gasteiger partial charge is 0.508 e. The summed E-state index contributed by atoms with van der Waals surface area (Å²) in [6.45, 7) is 1.70. The number of nitrogens with one attached hydrogen (secondary N) is 1. The summed E-state index contributed by atoms with van der Waals surface area (Å²) >= 11 is 1.52. The molecule has 112 valence electrons. The molecule has 1 fully saturated rings. The molecule has 0 aliphatic carbocycles. The third-order valence-corrected chi connectivity index (χ3v) is 4.45. The van der Waals surface area contributed by atoms with Gasteiger partial charge in [-0.1, -0.05) is 0 Å². The number of amides is 1. The molecule has 0 saturated carbocycles. The summed E-state index contributed by atoms with van der Waals surface area (Å²) < 4.78 is 0. The Morgan fingerprint density at radius 2 is 1.95 bits per heavy atom. The van der Waals surface area contributed by atoms with Crippen molar-refractivity contribution in [3.63, 3.8) is 0 Å². The van der Waals surface area contributed by atoms with Crippen LogP contribution in [0.5, 0.6) is 5.75 Å². The van der Waals surface area contributed by atoms with E-state index in [0.29, 0.717) is 11.8 Å². The smallest absolute Gasteiger partial charge is 0.232 e. The Hall–Kier alpha value is -0.910. The number of aromatic hydroxyl groups is 1. The molecule has 1 aliphatic rings. The first-order valence-electron chi connectivity index (χ1n) is 6.56. The maximum absolute atomic E-state index is 12.1. The number of phenols is 1. The zero-order valence-electron chi connectivity index (χ0n) is 11.5. The van der Waals surface area contributed by atoms with Gasteiger partial charge in [0.1, 0.15) is 5.75 Å². The number of nitrogens with zero attached hydrogens (tertiary/aromatic N) is 1. The van der Waals surface area contributed by atoms with Crippen LogP contribution in [0.15, 0.2) is 29.2 Å². The highest BCUT2D eigenvalue weighted by molar-refractivity contribution is 8.00. The van der Waals surface area contributed by atoms with Crippen molar-refractivity contribution >= 4 is 30.1 Å². The molecule has 1 heterocycles. The highest BCUT2D eigenvalue weighted by atomic mass is 35.5. The van der Waals surface area contributed by atoms with Crippen molar-refractivity contribution in [2.75, 3.05) is 25.9 Å². The second kappa shape index (κ2) is 8.39. The van der Waals surface area contributed by atoms with Crippen molar-refractivity contribution in [1.29, 1.82) is 0 Å². The van der Waals surface area contributed by atoms with Gasteiger partial charge in [0.05, 0.1) is 5.75 Å². The van der Waals surface area contributed by atoms with Crippen molar-refractivity contribution in [1.82, 2.24) is 10.2 Å². The Bertz CT molecular complexity index is 420. The van der Waals surface area contributed by atoms with Crippen molar-refractivity contribution in [2.45, 2.75) is 23.8 Å². The van der Waals surface area contributed by atoms with Gasteiger partial charge in [-0.3, -0.25) is 4.79 Å². The first kappa shape index (κ1) is 17.1. The fraction of sp³-hybridized carbons (Fsp3) is 0.500. The lowest BCUT2D eigenvalue weighted by molar-refractivity contribution is -0.129. The Morgan fingerprint density at radius 1 is 1.35 bits per heavy atom. The van der Waals surface area contributed by atoms with E-state index in [-0.39, 0.29) is 24.1 Å². The molecule has 1 aliphatic heterocycles. The second-order valence-electron chi connectivity index (χ2n) is 4.73. The predicted octanol–water partition coefficient (Wildman–Crippen LogP) is 2.12.